The average molecular weight is 346 g/mol. The summed E-state index contributed by atoms with van der Waals surface area (Å²) in [4.78, 5) is 23.7. The van der Waals surface area contributed by atoms with Crippen LogP contribution in [-0.2, 0) is 15.8 Å². The second kappa shape index (κ2) is 8.14. The molecule has 5 nitrogen and oxygen atoms in total. The third-order valence-corrected chi connectivity index (χ3v) is 3.57. The summed E-state index contributed by atoms with van der Waals surface area (Å²) in [6.45, 7) is 4.78. The van der Waals surface area contributed by atoms with Crippen molar-refractivity contribution in [2.24, 2.45) is 5.92 Å². The molecule has 24 heavy (non-hydrogen) atoms. The van der Waals surface area contributed by atoms with Gasteiger partial charge in [-0.3, -0.25) is 9.59 Å². The number of rotatable bonds is 5. The second-order valence-corrected chi connectivity index (χ2v) is 5.82. The number of anilines is 1. The van der Waals surface area contributed by atoms with Crippen LogP contribution in [0.1, 0.15) is 31.4 Å². The van der Waals surface area contributed by atoms with Crippen molar-refractivity contribution in [3.05, 3.63) is 29.3 Å². The standard InChI is InChI=1S/C16H21F3N2O3/c1-9(2)13(6-7-22)21-15(24)14(23)20-11-5-4-10(3)12(8-11)16(17,18)19/h4-5,8-9,13,22H,6-7H2,1-3H3,(H,20,23)(H,21,24). The van der Waals surface area contributed by atoms with Crippen LogP contribution in [0.5, 0.6) is 0 Å². The highest BCUT2D eigenvalue weighted by molar-refractivity contribution is 6.39. The Kier molecular flexibility index (Phi) is 6.77. The predicted octanol–water partition coefficient (Wildman–Crippen LogP) is 2.48. The quantitative estimate of drug-likeness (QED) is 0.717. The van der Waals surface area contributed by atoms with E-state index in [9.17, 15) is 22.8 Å². The molecule has 134 valence electrons. The maximum atomic E-state index is 12.9. The van der Waals surface area contributed by atoms with Crippen molar-refractivity contribution in [2.75, 3.05) is 11.9 Å². The Bertz CT molecular complexity index is 601. The van der Waals surface area contributed by atoms with Gasteiger partial charge in [0, 0.05) is 18.3 Å². The first-order valence-electron chi connectivity index (χ1n) is 7.46. The Balaban J connectivity index is 2.82. The van der Waals surface area contributed by atoms with E-state index in [0.717, 1.165) is 6.07 Å². The third kappa shape index (κ3) is 5.52. The number of hydrogen-bond acceptors (Lipinski definition) is 3. The van der Waals surface area contributed by atoms with Gasteiger partial charge in [0.1, 0.15) is 0 Å². The van der Waals surface area contributed by atoms with Crippen molar-refractivity contribution >= 4 is 17.5 Å². The van der Waals surface area contributed by atoms with E-state index in [1.807, 2.05) is 13.8 Å². The summed E-state index contributed by atoms with van der Waals surface area (Å²) in [7, 11) is 0. The fraction of sp³-hybridized carbons (Fsp3) is 0.500. The van der Waals surface area contributed by atoms with E-state index in [2.05, 4.69) is 10.6 Å². The molecule has 1 atom stereocenters. The molecule has 0 spiro atoms. The molecule has 0 radical (unpaired) electrons. The Labute approximate surface area is 138 Å². The van der Waals surface area contributed by atoms with Gasteiger partial charge < -0.3 is 15.7 Å². The lowest BCUT2D eigenvalue weighted by atomic mass is 10.0. The van der Waals surface area contributed by atoms with Crippen LogP contribution in [0.15, 0.2) is 18.2 Å². The van der Waals surface area contributed by atoms with Crippen LogP contribution in [0.3, 0.4) is 0 Å². The molecular weight excluding hydrogens is 325 g/mol. The summed E-state index contributed by atoms with van der Waals surface area (Å²) in [5.74, 6) is -2.03. The lowest BCUT2D eigenvalue weighted by molar-refractivity contribution is -0.138. The predicted molar refractivity (Wildman–Crippen MR) is 83.3 cm³/mol. The number of carbonyl (C=O) groups is 2. The molecule has 2 amide bonds. The van der Waals surface area contributed by atoms with Gasteiger partial charge in [0.25, 0.3) is 0 Å². The minimum Gasteiger partial charge on any atom is -0.396 e. The van der Waals surface area contributed by atoms with Crippen LogP contribution < -0.4 is 10.6 Å². The fourth-order valence-corrected chi connectivity index (χ4v) is 2.14. The lowest BCUT2D eigenvalue weighted by Gasteiger charge is -2.21. The second-order valence-electron chi connectivity index (χ2n) is 5.82. The van der Waals surface area contributed by atoms with E-state index in [0.29, 0.717) is 0 Å². The molecule has 0 heterocycles. The lowest BCUT2D eigenvalue weighted by Crippen LogP contribution is -2.44. The first kappa shape index (κ1) is 20.0. The largest absolute Gasteiger partial charge is 0.416 e. The van der Waals surface area contributed by atoms with Crippen LogP contribution in [-0.4, -0.2) is 29.6 Å². The SMILES string of the molecule is Cc1ccc(NC(=O)C(=O)NC(CCO)C(C)C)cc1C(F)(F)F. The van der Waals surface area contributed by atoms with Crippen LogP contribution in [0.25, 0.3) is 0 Å². The summed E-state index contributed by atoms with van der Waals surface area (Å²) in [6, 6.07) is 2.90. The molecule has 0 saturated heterocycles. The van der Waals surface area contributed by atoms with E-state index in [4.69, 9.17) is 5.11 Å². The highest BCUT2D eigenvalue weighted by Crippen LogP contribution is 2.33. The van der Waals surface area contributed by atoms with Crippen molar-refractivity contribution in [3.63, 3.8) is 0 Å². The van der Waals surface area contributed by atoms with Crippen LogP contribution in [0.2, 0.25) is 0 Å². The normalized spacial score (nSPS) is 12.8. The van der Waals surface area contributed by atoms with Gasteiger partial charge in [0.05, 0.1) is 5.56 Å². The first-order chi connectivity index (χ1) is 11.1. The Hall–Kier alpha value is -2.09. The number of alkyl halides is 3. The van der Waals surface area contributed by atoms with Crippen LogP contribution in [0, 0.1) is 12.8 Å². The summed E-state index contributed by atoms with van der Waals surface area (Å²) >= 11 is 0. The highest BCUT2D eigenvalue weighted by Gasteiger charge is 2.32. The molecule has 1 rings (SSSR count). The summed E-state index contributed by atoms with van der Waals surface area (Å²) in [5, 5.41) is 13.6. The van der Waals surface area contributed by atoms with Crippen molar-refractivity contribution in [1.82, 2.24) is 5.32 Å². The van der Waals surface area contributed by atoms with Gasteiger partial charge in [0.2, 0.25) is 0 Å². The third-order valence-electron chi connectivity index (χ3n) is 3.57. The number of carbonyl (C=O) groups excluding carboxylic acids is 2. The molecule has 0 aliphatic carbocycles. The van der Waals surface area contributed by atoms with E-state index in [-0.39, 0.29) is 30.2 Å². The van der Waals surface area contributed by atoms with E-state index in [1.165, 1.54) is 19.1 Å². The van der Waals surface area contributed by atoms with E-state index >= 15 is 0 Å². The van der Waals surface area contributed by atoms with Gasteiger partial charge in [-0.1, -0.05) is 19.9 Å². The molecule has 3 N–H and O–H groups in total. The maximum absolute atomic E-state index is 12.9. The number of benzene rings is 1. The molecule has 1 aromatic rings. The minimum absolute atomic E-state index is 0.00916. The number of hydrogen-bond donors (Lipinski definition) is 3. The van der Waals surface area contributed by atoms with Crippen molar-refractivity contribution in [3.8, 4) is 0 Å². The highest BCUT2D eigenvalue weighted by atomic mass is 19.4. The molecule has 1 aromatic carbocycles. The molecule has 0 bridgehead atoms. The molecular formula is C16H21F3N2O3. The van der Waals surface area contributed by atoms with E-state index in [1.54, 1.807) is 0 Å². The average Bonchev–Trinajstić information content (AvgIpc) is 2.47. The van der Waals surface area contributed by atoms with Crippen LogP contribution in [0.4, 0.5) is 18.9 Å². The smallest absolute Gasteiger partial charge is 0.396 e. The molecule has 0 fully saturated rings. The zero-order chi connectivity index (χ0) is 18.5. The number of aliphatic hydroxyl groups is 1. The topological polar surface area (TPSA) is 78.4 Å². The Morgan fingerprint density at radius 2 is 1.83 bits per heavy atom. The maximum Gasteiger partial charge on any atom is 0.416 e. The fourth-order valence-electron chi connectivity index (χ4n) is 2.14. The number of nitrogens with one attached hydrogen (secondary N) is 2. The van der Waals surface area contributed by atoms with Gasteiger partial charge in [-0.15, -0.1) is 0 Å². The summed E-state index contributed by atoms with van der Waals surface area (Å²) in [6.07, 6.45) is -4.27. The molecule has 8 heteroatoms. The van der Waals surface area contributed by atoms with Gasteiger partial charge >= 0.3 is 18.0 Å². The minimum atomic E-state index is -4.54. The van der Waals surface area contributed by atoms with Gasteiger partial charge in [-0.2, -0.15) is 13.2 Å². The monoisotopic (exact) mass is 346 g/mol. The van der Waals surface area contributed by atoms with E-state index < -0.39 is 29.6 Å². The van der Waals surface area contributed by atoms with Crippen molar-refractivity contribution < 1.29 is 27.9 Å². The van der Waals surface area contributed by atoms with Crippen molar-refractivity contribution in [2.45, 2.75) is 39.4 Å². The number of halogens is 3. The number of aliphatic hydroxyl groups excluding tert-OH is 1. The summed E-state index contributed by atoms with van der Waals surface area (Å²) < 4.78 is 38.6. The van der Waals surface area contributed by atoms with Gasteiger partial charge in [0.15, 0.2) is 0 Å². The molecule has 1 unspecified atom stereocenters. The first-order valence-corrected chi connectivity index (χ1v) is 7.46. The number of amides is 2. The van der Waals surface area contributed by atoms with Crippen LogP contribution >= 0.6 is 0 Å². The van der Waals surface area contributed by atoms with Gasteiger partial charge in [-0.05, 0) is 37.0 Å². The molecule has 0 aliphatic rings. The summed E-state index contributed by atoms with van der Waals surface area (Å²) in [5.41, 5.74) is -0.967. The Morgan fingerprint density at radius 3 is 2.33 bits per heavy atom. The van der Waals surface area contributed by atoms with Gasteiger partial charge in [-0.25, -0.2) is 0 Å². The molecule has 0 aromatic heterocycles. The van der Waals surface area contributed by atoms with Crippen molar-refractivity contribution in [1.29, 1.82) is 0 Å². The Morgan fingerprint density at radius 1 is 1.21 bits per heavy atom. The zero-order valence-corrected chi connectivity index (χ0v) is 13.7. The zero-order valence-electron chi connectivity index (χ0n) is 13.7. The number of aryl methyl sites for hydroxylation is 1. The molecule has 0 aliphatic heterocycles. The molecule has 0 saturated carbocycles.